The highest BCUT2D eigenvalue weighted by molar-refractivity contribution is 9.10. The van der Waals surface area contributed by atoms with Crippen LogP contribution in [0.3, 0.4) is 0 Å². The summed E-state index contributed by atoms with van der Waals surface area (Å²) < 4.78 is 33.4. The third-order valence-electron chi connectivity index (χ3n) is 2.68. The number of nitrogens with zero attached hydrogens (tertiary/aromatic N) is 1. The smallest absolute Gasteiger partial charge is 0.256 e. The van der Waals surface area contributed by atoms with E-state index in [9.17, 15) is 8.78 Å². The van der Waals surface area contributed by atoms with Crippen molar-refractivity contribution in [3.05, 3.63) is 51.1 Å². The molecule has 2 aromatic rings. The summed E-state index contributed by atoms with van der Waals surface area (Å²) in [6.07, 6.45) is 1.44. The Bertz CT molecular complexity index is 655. The maximum Gasteiger partial charge on any atom is 0.256 e. The Morgan fingerprint density at radius 1 is 1.38 bits per heavy atom. The summed E-state index contributed by atoms with van der Waals surface area (Å²) in [6, 6.07) is 3.97. The molecule has 0 spiro atoms. The Labute approximate surface area is 134 Å². The maximum atomic E-state index is 14.2. The summed E-state index contributed by atoms with van der Waals surface area (Å²) in [5, 5.41) is 2.96. The topological polar surface area (TPSA) is 34.2 Å². The molecule has 1 aromatic heterocycles. The van der Waals surface area contributed by atoms with Crippen LogP contribution < -0.4 is 10.1 Å². The molecular formula is C14H12BrClF2N2O. The molecule has 0 fully saturated rings. The number of hydrogen-bond donors (Lipinski definition) is 1. The molecule has 7 heteroatoms. The van der Waals surface area contributed by atoms with Crippen molar-refractivity contribution in [3.63, 3.8) is 0 Å². The summed E-state index contributed by atoms with van der Waals surface area (Å²) in [6.45, 7) is 2.99. The lowest BCUT2D eigenvalue weighted by atomic mass is 10.2. The normalized spacial score (nSPS) is 10.7. The molecule has 0 aliphatic rings. The second-order valence-electron chi connectivity index (χ2n) is 4.17. The van der Waals surface area contributed by atoms with E-state index in [4.69, 9.17) is 16.3 Å². The van der Waals surface area contributed by atoms with Crippen molar-refractivity contribution in [2.75, 3.05) is 6.54 Å². The van der Waals surface area contributed by atoms with Gasteiger partial charge in [-0.05, 0) is 34.6 Å². The number of rotatable bonds is 5. The minimum atomic E-state index is -0.654. The van der Waals surface area contributed by atoms with Gasteiger partial charge in [0.05, 0.1) is 9.50 Å². The van der Waals surface area contributed by atoms with Crippen LogP contribution in [0.15, 0.2) is 28.9 Å². The molecule has 0 bridgehead atoms. The number of ether oxygens (including phenoxy) is 1. The van der Waals surface area contributed by atoms with Crippen molar-refractivity contribution in [3.8, 4) is 11.6 Å². The fourth-order valence-corrected chi connectivity index (χ4v) is 2.34. The molecule has 3 nitrogen and oxygen atoms in total. The Morgan fingerprint density at radius 2 is 2.14 bits per heavy atom. The lowest BCUT2D eigenvalue weighted by molar-refractivity contribution is 0.413. The van der Waals surface area contributed by atoms with Gasteiger partial charge in [0.25, 0.3) is 5.88 Å². The number of pyridine rings is 1. The van der Waals surface area contributed by atoms with Crippen LogP contribution in [0.2, 0.25) is 5.02 Å². The number of aromatic nitrogens is 1. The number of halogens is 4. The van der Waals surface area contributed by atoms with Crippen molar-refractivity contribution in [1.29, 1.82) is 0 Å². The van der Waals surface area contributed by atoms with Crippen molar-refractivity contribution in [1.82, 2.24) is 10.3 Å². The molecule has 112 valence electrons. The maximum absolute atomic E-state index is 14.2. The molecular weight excluding hydrogens is 366 g/mol. The molecule has 2 rings (SSSR count). The van der Waals surface area contributed by atoms with Gasteiger partial charge in [0.1, 0.15) is 11.6 Å². The first-order valence-corrected chi connectivity index (χ1v) is 7.36. The van der Waals surface area contributed by atoms with Gasteiger partial charge in [-0.2, -0.15) is 0 Å². The minimum Gasteiger partial charge on any atom is -0.435 e. The van der Waals surface area contributed by atoms with Crippen LogP contribution in [-0.4, -0.2) is 11.5 Å². The lowest BCUT2D eigenvalue weighted by Gasteiger charge is -2.11. The Hall–Kier alpha value is -1.24. The molecule has 0 unspecified atom stereocenters. The molecule has 0 saturated heterocycles. The summed E-state index contributed by atoms with van der Waals surface area (Å²) in [4.78, 5) is 3.83. The van der Waals surface area contributed by atoms with E-state index >= 15 is 0 Å². The molecule has 0 amide bonds. The average Bonchev–Trinajstić information content (AvgIpc) is 2.45. The highest BCUT2D eigenvalue weighted by Crippen LogP contribution is 2.34. The number of benzene rings is 1. The first-order chi connectivity index (χ1) is 10.0. The van der Waals surface area contributed by atoms with Crippen molar-refractivity contribution >= 4 is 27.5 Å². The number of hydrogen-bond acceptors (Lipinski definition) is 3. The molecule has 21 heavy (non-hydrogen) atoms. The molecule has 0 aliphatic carbocycles. The van der Waals surface area contributed by atoms with E-state index in [0.717, 1.165) is 6.07 Å². The van der Waals surface area contributed by atoms with Crippen LogP contribution in [0.1, 0.15) is 12.5 Å². The van der Waals surface area contributed by atoms with Crippen LogP contribution in [0.4, 0.5) is 8.78 Å². The third-order valence-corrected chi connectivity index (χ3v) is 3.59. The summed E-state index contributed by atoms with van der Waals surface area (Å²) >= 11 is 8.83. The van der Waals surface area contributed by atoms with Gasteiger partial charge in [-0.15, -0.1) is 0 Å². The van der Waals surface area contributed by atoms with Gasteiger partial charge in [-0.25, -0.2) is 13.8 Å². The van der Waals surface area contributed by atoms with E-state index < -0.39 is 11.6 Å². The molecule has 1 N–H and O–H groups in total. The first kappa shape index (κ1) is 16.1. The summed E-state index contributed by atoms with van der Waals surface area (Å²) in [5.74, 6) is -1.35. The van der Waals surface area contributed by atoms with Crippen molar-refractivity contribution in [2.24, 2.45) is 0 Å². The fourth-order valence-electron chi connectivity index (χ4n) is 1.62. The van der Waals surface area contributed by atoms with Gasteiger partial charge in [0.15, 0.2) is 5.82 Å². The van der Waals surface area contributed by atoms with Crippen LogP contribution >= 0.6 is 27.5 Å². The van der Waals surface area contributed by atoms with Gasteiger partial charge in [0, 0.05) is 24.4 Å². The second kappa shape index (κ2) is 7.15. The van der Waals surface area contributed by atoms with Gasteiger partial charge >= 0.3 is 0 Å². The Morgan fingerprint density at radius 3 is 2.86 bits per heavy atom. The first-order valence-electron chi connectivity index (χ1n) is 6.19. The van der Waals surface area contributed by atoms with E-state index in [1.165, 1.54) is 12.3 Å². The molecule has 0 atom stereocenters. The molecule has 1 aromatic carbocycles. The number of nitrogens with one attached hydrogen (secondary N) is 1. The van der Waals surface area contributed by atoms with E-state index in [-0.39, 0.29) is 16.7 Å². The highest BCUT2D eigenvalue weighted by atomic mass is 79.9. The zero-order chi connectivity index (χ0) is 15.4. The van der Waals surface area contributed by atoms with E-state index in [1.807, 2.05) is 6.92 Å². The van der Waals surface area contributed by atoms with Crippen LogP contribution in [0.25, 0.3) is 0 Å². The zero-order valence-corrected chi connectivity index (χ0v) is 13.4. The molecule has 1 heterocycles. The zero-order valence-electron chi connectivity index (χ0n) is 11.1. The quantitative estimate of drug-likeness (QED) is 0.768. The van der Waals surface area contributed by atoms with Crippen molar-refractivity contribution < 1.29 is 13.5 Å². The van der Waals surface area contributed by atoms with Gasteiger partial charge < -0.3 is 10.1 Å². The largest absolute Gasteiger partial charge is 0.435 e. The fraction of sp³-hybridized carbons (Fsp3) is 0.214. The van der Waals surface area contributed by atoms with Crippen LogP contribution in [0.5, 0.6) is 11.6 Å². The Balaban J connectivity index is 2.29. The average molecular weight is 378 g/mol. The highest BCUT2D eigenvalue weighted by Gasteiger charge is 2.14. The molecule has 0 saturated carbocycles. The summed E-state index contributed by atoms with van der Waals surface area (Å²) in [7, 11) is 0. The van der Waals surface area contributed by atoms with Crippen LogP contribution in [0, 0.1) is 11.6 Å². The second-order valence-corrected chi connectivity index (χ2v) is 5.43. The molecule has 0 radical (unpaired) electrons. The molecule has 0 aliphatic heterocycles. The predicted molar refractivity (Wildman–Crippen MR) is 80.8 cm³/mol. The van der Waals surface area contributed by atoms with Gasteiger partial charge in [-0.1, -0.05) is 18.5 Å². The van der Waals surface area contributed by atoms with Gasteiger partial charge in [-0.3, -0.25) is 0 Å². The third kappa shape index (κ3) is 3.90. The summed E-state index contributed by atoms with van der Waals surface area (Å²) in [5.41, 5.74) is 0.424. The van der Waals surface area contributed by atoms with Crippen molar-refractivity contribution in [2.45, 2.75) is 13.5 Å². The monoisotopic (exact) mass is 376 g/mol. The SMILES string of the molecule is CCNCc1ccnc(Oc2cc(F)c(Cl)cc2Br)c1F. The van der Waals surface area contributed by atoms with E-state index in [2.05, 4.69) is 26.2 Å². The van der Waals surface area contributed by atoms with Crippen LogP contribution in [-0.2, 0) is 6.54 Å². The van der Waals surface area contributed by atoms with Gasteiger partial charge in [0.2, 0.25) is 0 Å². The Kier molecular flexibility index (Phi) is 5.50. The predicted octanol–water partition coefficient (Wildman–Crippen LogP) is 4.68. The minimum absolute atomic E-state index is 0.0523. The lowest BCUT2D eigenvalue weighted by Crippen LogP contribution is -2.13. The van der Waals surface area contributed by atoms with E-state index in [0.29, 0.717) is 23.1 Å². The van der Waals surface area contributed by atoms with E-state index in [1.54, 1.807) is 6.07 Å². The standard InChI is InChI=1S/C14H12BrClF2N2O/c1-2-19-7-8-3-4-20-14(13(8)18)21-12-6-11(17)10(16)5-9(12)15/h3-6,19H,2,7H2,1H3.